The van der Waals surface area contributed by atoms with Gasteiger partial charge in [-0.15, -0.1) is 0 Å². The predicted molar refractivity (Wildman–Crippen MR) is 146 cm³/mol. The molecule has 3 heteroatoms. The Bertz CT molecular complexity index is 1090. The molecular weight excluding hydrogens is 420 g/mol. The summed E-state index contributed by atoms with van der Waals surface area (Å²) in [6, 6.07) is 19.9. The van der Waals surface area contributed by atoms with Gasteiger partial charge in [0.15, 0.2) is 0 Å². The SMILES string of the molecule is CCN(C/C=C/C#CC(C)(C)C)Cc1cccc(N(C)Cc2cccc(-c3ccsc3)c2)c1. The van der Waals surface area contributed by atoms with Crippen LogP contribution >= 0.6 is 11.3 Å². The Morgan fingerprint density at radius 3 is 2.39 bits per heavy atom. The topological polar surface area (TPSA) is 6.48 Å². The van der Waals surface area contributed by atoms with Gasteiger partial charge in [0.05, 0.1) is 0 Å². The van der Waals surface area contributed by atoms with Gasteiger partial charge in [-0.2, -0.15) is 11.3 Å². The maximum Gasteiger partial charge on any atom is 0.0426 e. The van der Waals surface area contributed by atoms with Crippen molar-refractivity contribution < 1.29 is 0 Å². The van der Waals surface area contributed by atoms with Crippen molar-refractivity contribution in [1.82, 2.24) is 4.90 Å². The third kappa shape index (κ3) is 8.24. The Balaban J connectivity index is 1.62. The second-order valence-electron chi connectivity index (χ2n) is 9.49. The lowest BCUT2D eigenvalue weighted by molar-refractivity contribution is 0.311. The van der Waals surface area contributed by atoms with Gasteiger partial charge in [-0.1, -0.05) is 55.2 Å². The molecule has 0 bridgehead atoms. The van der Waals surface area contributed by atoms with E-state index >= 15 is 0 Å². The molecule has 0 radical (unpaired) electrons. The van der Waals surface area contributed by atoms with Gasteiger partial charge in [-0.25, -0.2) is 0 Å². The number of nitrogens with zero attached hydrogens (tertiary/aromatic N) is 2. The standard InChI is InChI=1S/C30H36N2S/c1-6-32(18-9-7-8-17-30(2,3)4)23-26-13-11-15-29(21-26)31(5)22-25-12-10-14-27(20-25)28-16-19-33-24-28/h7,9-16,19-21,24H,6,18,22-23H2,1-5H3/b9-7+. The Hall–Kier alpha value is -2.80. The minimum atomic E-state index is 0.0481. The highest BCUT2D eigenvalue weighted by Crippen LogP contribution is 2.24. The fourth-order valence-corrected chi connectivity index (χ4v) is 4.28. The van der Waals surface area contributed by atoms with Crippen molar-refractivity contribution >= 4 is 17.0 Å². The van der Waals surface area contributed by atoms with Gasteiger partial charge in [-0.05, 0) is 90.7 Å². The molecule has 172 valence electrons. The molecule has 0 aliphatic carbocycles. The molecule has 0 aliphatic rings. The van der Waals surface area contributed by atoms with Crippen molar-refractivity contribution in [1.29, 1.82) is 0 Å². The second kappa shape index (κ2) is 11.9. The van der Waals surface area contributed by atoms with Gasteiger partial charge >= 0.3 is 0 Å². The van der Waals surface area contributed by atoms with Crippen LogP contribution < -0.4 is 4.90 Å². The first kappa shape index (κ1) is 24.8. The van der Waals surface area contributed by atoms with Crippen LogP contribution in [0.2, 0.25) is 0 Å². The molecule has 0 N–H and O–H groups in total. The van der Waals surface area contributed by atoms with E-state index in [2.05, 4.69) is 128 Å². The molecule has 0 saturated heterocycles. The maximum absolute atomic E-state index is 3.25. The van der Waals surface area contributed by atoms with Crippen molar-refractivity contribution in [2.45, 2.75) is 40.8 Å². The molecule has 33 heavy (non-hydrogen) atoms. The number of thiophene rings is 1. The van der Waals surface area contributed by atoms with Crippen LogP contribution in [0, 0.1) is 17.3 Å². The molecule has 0 amide bonds. The summed E-state index contributed by atoms with van der Waals surface area (Å²) in [6.07, 6.45) is 4.15. The summed E-state index contributed by atoms with van der Waals surface area (Å²) in [6.45, 7) is 12.4. The maximum atomic E-state index is 3.25. The van der Waals surface area contributed by atoms with Gasteiger partial charge in [0.1, 0.15) is 0 Å². The minimum absolute atomic E-state index is 0.0481. The minimum Gasteiger partial charge on any atom is -0.370 e. The molecule has 0 atom stereocenters. The van der Waals surface area contributed by atoms with Crippen molar-refractivity contribution in [3.05, 3.63) is 88.6 Å². The predicted octanol–water partition coefficient (Wildman–Crippen LogP) is 7.48. The average molecular weight is 457 g/mol. The van der Waals surface area contributed by atoms with E-state index in [9.17, 15) is 0 Å². The first-order chi connectivity index (χ1) is 15.8. The summed E-state index contributed by atoms with van der Waals surface area (Å²) in [4.78, 5) is 4.76. The van der Waals surface area contributed by atoms with E-state index in [1.165, 1.54) is 27.9 Å². The van der Waals surface area contributed by atoms with Gasteiger partial charge in [0.2, 0.25) is 0 Å². The summed E-state index contributed by atoms with van der Waals surface area (Å²) in [7, 11) is 2.17. The van der Waals surface area contributed by atoms with Crippen molar-refractivity contribution in [2.75, 3.05) is 25.0 Å². The number of likely N-dealkylation sites (N-methyl/N-ethyl adjacent to an activating group) is 1. The van der Waals surface area contributed by atoms with Crippen LogP contribution in [-0.2, 0) is 13.1 Å². The van der Waals surface area contributed by atoms with E-state index in [-0.39, 0.29) is 5.41 Å². The number of hydrogen-bond donors (Lipinski definition) is 0. The van der Waals surface area contributed by atoms with E-state index in [1.54, 1.807) is 11.3 Å². The number of allylic oxidation sites excluding steroid dienone is 1. The largest absolute Gasteiger partial charge is 0.370 e. The molecule has 1 aromatic heterocycles. The van der Waals surface area contributed by atoms with E-state index in [1.807, 2.05) is 6.08 Å². The number of anilines is 1. The van der Waals surface area contributed by atoms with Crippen LogP contribution in [0.1, 0.15) is 38.8 Å². The average Bonchev–Trinajstić information content (AvgIpc) is 3.33. The summed E-state index contributed by atoms with van der Waals surface area (Å²) in [5, 5.41) is 4.34. The highest BCUT2D eigenvalue weighted by molar-refractivity contribution is 7.08. The summed E-state index contributed by atoms with van der Waals surface area (Å²) >= 11 is 1.74. The fourth-order valence-electron chi connectivity index (χ4n) is 3.62. The summed E-state index contributed by atoms with van der Waals surface area (Å²) in [5.41, 5.74) is 6.54. The first-order valence-corrected chi connectivity index (χ1v) is 12.6. The summed E-state index contributed by atoms with van der Waals surface area (Å²) in [5.74, 6) is 6.42. The third-order valence-electron chi connectivity index (χ3n) is 5.42. The lowest BCUT2D eigenvalue weighted by Crippen LogP contribution is -2.23. The summed E-state index contributed by atoms with van der Waals surface area (Å²) < 4.78 is 0. The molecule has 0 fully saturated rings. The highest BCUT2D eigenvalue weighted by atomic mass is 32.1. The number of benzene rings is 2. The molecular formula is C30H36N2S. The van der Waals surface area contributed by atoms with Gasteiger partial charge in [0.25, 0.3) is 0 Å². The monoisotopic (exact) mass is 456 g/mol. The van der Waals surface area contributed by atoms with E-state index in [4.69, 9.17) is 0 Å². The molecule has 0 unspecified atom stereocenters. The second-order valence-corrected chi connectivity index (χ2v) is 10.3. The zero-order chi connectivity index (χ0) is 23.7. The fraction of sp³-hybridized carbons (Fsp3) is 0.333. The lowest BCUT2D eigenvalue weighted by Gasteiger charge is -2.22. The number of hydrogen-bond acceptors (Lipinski definition) is 3. The van der Waals surface area contributed by atoms with Crippen molar-refractivity contribution in [3.63, 3.8) is 0 Å². The van der Waals surface area contributed by atoms with Crippen LogP contribution in [0.5, 0.6) is 0 Å². The quantitative estimate of drug-likeness (QED) is 0.308. The van der Waals surface area contributed by atoms with E-state index < -0.39 is 0 Å². The zero-order valence-corrected chi connectivity index (χ0v) is 21.5. The zero-order valence-electron chi connectivity index (χ0n) is 20.6. The molecule has 2 nitrogen and oxygen atoms in total. The van der Waals surface area contributed by atoms with E-state index in [0.717, 1.165) is 26.2 Å². The number of rotatable bonds is 9. The van der Waals surface area contributed by atoms with Gasteiger partial charge < -0.3 is 4.90 Å². The molecule has 3 aromatic rings. The van der Waals surface area contributed by atoms with Crippen LogP contribution in [0.3, 0.4) is 0 Å². The first-order valence-electron chi connectivity index (χ1n) is 11.7. The molecule has 1 heterocycles. The van der Waals surface area contributed by atoms with Crippen LogP contribution in [0.25, 0.3) is 11.1 Å². The van der Waals surface area contributed by atoms with Gasteiger partial charge in [-0.3, -0.25) is 4.90 Å². The molecule has 2 aromatic carbocycles. The van der Waals surface area contributed by atoms with Gasteiger partial charge in [0, 0.05) is 37.8 Å². The Kier molecular flexibility index (Phi) is 8.95. The Morgan fingerprint density at radius 1 is 0.939 bits per heavy atom. The van der Waals surface area contributed by atoms with Crippen LogP contribution in [0.4, 0.5) is 5.69 Å². The molecule has 0 spiro atoms. The Morgan fingerprint density at radius 2 is 1.70 bits per heavy atom. The normalized spacial score (nSPS) is 11.6. The highest BCUT2D eigenvalue weighted by Gasteiger charge is 2.08. The van der Waals surface area contributed by atoms with E-state index in [0.29, 0.717) is 0 Å². The van der Waals surface area contributed by atoms with Crippen molar-refractivity contribution in [3.8, 4) is 23.0 Å². The van der Waals surface area contributed by atoms with Crippen LogP contribution in [0.15, 0.2) is 77.5 Å². The molecule has 3 rings (SSSR count). The molecule has 0 aliphatic heterocycles. The van der Waals surface area contributed by atoms with Crippen LogP contribution in [-0.4, -0.2) is 25.0 Å². The third-order valence-corrected chi connectivity index (χ3v) is 6.10. The molecule has 0 saturated carbocycles. The van der Waals surface area contributed by atoms with Crippen molar-refractivity contribution in [2.24, 2.45) is 5.41 Å². The Labute approximate surface area is 204 Å². The lowest BCUT2D eigenvalue weighted by atomic mass is 9.98. The smallest absolute Gasteiger partial charge is 0.0426 e.